The average Bonchev–Trinajstić information content (AvgIpc) is 2.36. The van der Waals surface area contributed by atoms with Crippen molar-refractivity contribution in [1.82, 2.24) is 0 Å². The van der Waals surface area contributed by atoms with E-state index in [0.717, 1.165) is 25.0 Å². The smallest absolute Gasteiger partial charge is 0.430 e. The molecule has 0 saturated carbocycles. The van der Waals surface area contributed by atoms with E-state index < -0.39 is 6.16 Å². The van der Waals surface area contributed by atoms with Gasteiger partial charge < -0.3 is 9.47 Å². The Balaban J connectivity index is 2.01. The minimum Gasteiger partial charge on any atom is -0.430 e. The summed E-state index contributed by atoms with van der Waals surface area (Å²) in [6.45, 7) is 5.97. The molecule has 98 valence electrons. The lowest BCUT2D eigenvalue weighted by atomic mass is 9.68. The largest absolute Gasteiger partial charge is 0.513 e. The van der Waals surface area contributed by atoms with E-state index in [9.17, 15) is 4.79 Å². The fraction of sp³-hybridized carbons (Fsp3) is 0.533. The summed E-state index contributed by atoms with van der Waals surface area (Å²) in [6, 6.07) is 0. The second-order valence-corrected chi connectivity index (χ2v) is 5.17. The van der Waals surface area contributed by atoms with Crippen LogP contribution in [0.1, 0.15) is 39.0 Å². The maximum Gasteiger partial charge on any atom is 0.513 e. The van der Waals surface area contributed by atoms with Crippen LogP contribution in [-0.4, -0.2) is 12.8 Å². The van der Waals surface area contributed by atoms with E-state index in [1.54, 1.807) is 0 Å². The predicted molar refractivity (Wildman–Crippen MR) is 70.0 cm³/mol. The van der Waals surface area contributed by atoms with Gasteiger partial charge in [-0.25, -0.2) is 4.79 Å². The molecule has 0 aliphatic heterocycles. The first kappa shape index (κ1) is 12.9. The van der Waals surface area contributed by atoms with Crippen LogP contribution in [0, 0.1) is 5.41 Å². The van der Waals surface area contributed by atoms with Gasteiger partial charge >= 0.3 is 6.16 Å². The molecule has 0 spiro atoms. The Labute approximate surface area is 108 Å². The summed E-state index contributed by atoms with van der Waals surface area (Å²) in [5, 5.41) is 0. The average molecular weight is 248 g/mol. The Morgan fingerprint density at radius 1 is 1.56 bits per heavy atom. The van der Waals surface area contributed by atoms with Crippen LogP contribution in [-0.2, 0) is 9.47 Å². The van der Waals surface area contributed by atoms with Crippen LogP contribution >= 0.6 is 0 Å². The minimum atomic E-state index is -0.638. The van der Waals surface area contributed by atoms with Crippen molar-refractivity contribution in [2.75, 3.05) is 6.61 Å². The molecule has 0 N–H and O–H groups in total. The standard InChI is InChI=1S/C15H20O3/c1-3-10-17-14(16)18-13-7-9-15(2)8-5-4-6-12(15)11-13/h3,6,11H,1,4-5,7-10H2,2H3. The van der Waals surface area contributed by atoms with E-state index in [1.807, 2.05) is 6.08 Å². The number of fused-ring (bicyclic) bond motifs is 1. The number of rotatable bonds is 3. The topological polar surface area (TPSA) is 35.5 Å². The SMILES string of the molecule is C=CCOC(=O)OC1=CC2=CCCCC2(C)CC1. The van der Waals surface area contributed by atoms with Crippen LogP contribution in [0.5, 0.6) is 0 Å². The third kappa shape index (κ3) is 2.84. The Bertz CT molecular complexity index is 406. The normalized spacial score (nSPS) is 26.5. The summed E-state index contributed by atoms with van der Waals surface area (Å²) in [4.78, 5) is 11.4. The van der Waals surface area contributed by atoms with Gasteiger partial charge in [0.05, 0.1) is 0 Å². The van der Waals surface area contributed by atoms with Crippen molar-refractivity contribution in [1.29, 1.82) is 0 Å². The van der Waals surface area contributed by atoms with E-state index >= 15 is 0 Å². The number of allylic oxidation sites excluding steroid dienone is 4. The van der Waals surface area contributed by atoms with Crippen molar-refractivity contribution in [3.8, 4) is 0 Å². The molecule has 2 aliphatic carbocycles. The van der Waals surface area contributed by atoms with Gasteiger partial charge in [-0.3, -0.25) is 0 Å². The van der Waals surface area contributed by atoms with E-state index in [1.165, 1.54) is 24.5 Å². The lowest BCUT2D eigenvalue weighted by Crippen LogP contribution is -2.25. The fourth-order valence-corrected chi connectivity index (χ4v) is 2.63. The van der Waals surface area contributed by atoms with Crippen LogP contribution in [0.4, 0.5) is 4.79 Å². The van der Waals surface area contributed by atoms with Crippen LogP contribution in [0.25, 0.3) is 0 Å². The van der Waals surface area contributed by atoms with E-state index in [2.05, 4.69) is 19.6 Å². The summed E-state index contributed by atoms with van der Waals surface area (Å²) < 4.78 is 10.0. The number of hydrogen-bond acceptors (Lipinski definition) is 3. The van der Waals surface area contributed by atoms with Crippen molar-refractivity contribution in [3.05, 3.63) is 36.1 Å². The second kappa shape index (κ2) is 5.42. The van der Waals surface area contributed by atoms with Gasteiger partial charge in [-0.15, -0.1) is 0 Å². The first-order valence-electron chi connectivity index (χ1n) is 6.51. The minimum absolute atomic E-state index is 0.187. The molecule has 0 aromatic rings. The first-order chi connectivity index (χ1) is 8.64. The molecule has 0 fully saturated rings. The highest BCUT2D eigenvalue weighted by molar-refractivity contribution is 5.62. The van der Waals surface area contributed by atoms with Gasteiger partial charge in [0, 0.05) is 6.42 Å². The van der Waals surface area contributed by atoms with Gasteiger partial charge in [-0.2, -0.15) is 0 Å². The quantitative estimate of drug-likeness (QED) is 0.556. The third-order valence-electron chi connectivity index (χ3n) is 3.77. The van der Waals surface area contributed by atoms with E-state index in [0.29, 0.717) is 0 Å². The van der Waals surface area contributed by atoms with Crippen molar-refractivity contribution in [2.24, 2.45) is 5.41 Å². The van der Waals surface area contributed by atoms with Crippen LogP contribution < -0.4 is 0 Å². The van der Waals surface area contributed by atoms with Gasteiger partial charge in [-0.05, 0) is 42.7 Å². The zero-order chi connectivity index (χ0) is 13.0. The number of hydrogen-bond donors (Lipinski definition) is 0. The monoisotopic (exact) mass is 248 g/mol. The van der Waals surface area contributed by atoms with Gasteiger partial charge in [-0.1, -0.05) is 25.7 Å². The predicted octanol–water partition coefficient (Wildman–Crippen LogP) is 4.12. The molecular formula is C15H20O3. The maximum absolute atomic E-state index is 11.4. The number of carbonyl (C=O) groups excluding carboxylic acids is 1. The molecule has 0 aromatic heterocycles. The van der Waals surface area contributed by atoms with Gasteiger partial charge in [0.2, 0.25) is 0 Å². The fourth-order valence-electron chi connectivity index (χ4n) is 2.63. The molecule has 3 heteroatoms. The molecule has 0 bridgehead atoms. The molecule has 0 saturated heterocycles. The summed E-state index contributed by atoms with van der Waals surface area (Å²) in [5.41, 5.74) is 1.59. The summed E-state index contributed by atoms with van der Waals surface area (Å²) in [5.74, 6) is 0.717. The summed E-state index contributed by atoms with van der Waals surface area (Å²) in [7, 11) is 0. The summed E-state index contributed by atoms with van der Waals surface area (Å²) in [6.07, 6.45) is 10.6. The molecule has 2 aliphatic rings. The zero-order valence-corrected chi connectivity index (χ0v) is 10.9. The molecule has 1 unspecified atom stereocenters. The lowest BCUT2D eigenvalue weighted by Gasteiger charge is -2.37. The van der Waals surface area contributed by atoms with Gasteiger partial charge in [0.15, 0.2) is 0 Å². The van der Waals surface area contributed by atoms with Crippen molar-refractivity contribution in [3.63, 3.8) is 0 Å². The zero-order valence-electron chi connectivity index (χ0n) is 10.9. The van der Waals surface area contributed by atoms with Crippen LogP contribution in [0.2, 0.25) is 0 Å². The van der Waals surface area contributed by atoms with Crippen LogP contribution in [0.3, 0.4) is 0 Å². The molecule has 1 atom stereocenters. The van der Waals surface area contributed by atoms with Gasteiger partial charge in [0.1, 0.15) is 12.4 Å². The molecule has 2 rings (SSSR count). The second-order valence-electron chi connectivity index (χ2n) is 5.17. The highest BCUT2D eigenvalue weighted by atomic mass is 16.7. The highest BCUT2D eigenvalue weighted by Gasteiger charge is 2.33. The summed E-state index contributed by atoms with van der Waals surface area (Å²) >= 11 is 0. The molecular weight excluding hydrogens is 228 g/mol. The number of ether oxygens (including phenoxy) is 2. The molecule has 3 nitrogen and oxygen atoms in total. The van der Waals surface area contributed by atoms with Crippen molar-refractivity contribution in [2.45, 2.75) is 39.0 Å². The molecule has 18 heavy (non-hydrogen) atoms. The Morgan fingerprint density at radius 3 is 3.17 bits per heavy atom. The number of carbonyl (C=O) groups is 1. The molecule has 0 aromatic carbocycles. The lowest BCUT2D eigenvalue weighted by molar-refractivity contribution is 0.0811. The Morgan fingerprint density at radius 2 is 2.39 bits per heavy atom. The highest BCUT2D eigenvalue weighted by Crippen LogP contribution is 2.46. The van der Waals surface area contributed by atoms with E-state index in [4.69, 9.17) is 9.47 Å². The van der Waals surface area contributed by atoms with Crippen molar-refractivity contribution >= 4 is 6.16 Å². The van der Waals surface area contributed by atoms with Crippen LogP contribution in [0.15, 0.2) is 36.1 Å². The molecule has 0 radical (unpaired) electrons. The molecule has 0 amide bonds. The van der Waals surface area contributed by atoms with E-state index in [-0.39, 0.29) is 12.0 Å². The van der Waals surface area contributed by atoms with Crippen molar-refractivity contribution < 1.29 is 14.3 Å². The Kier molecular flexibility index (Phi) is 3.90. The molecule has 0 heterocycles. The first-order valence-corrected chi connectivity index (χ1v) is 6.51. The Hall–Kier alpha value is -1.51. The maximum atomic E-state index is 11.4. The van der Waals surface area contributed by atoms with Gasteiger partial charge in [0.25, 0.3) is 0 Å². The third-order valence-corrected chi connectivity index (χ3v) is 3.77.